The SMILES string of the molecule is Cc1cc(NC(=O)C(C)Sc2ccc(NC(=O)CC(C)(C)C)cc2)no1. The Morgan fingerprint density at radius 1 is 1.19 bits per heavy atom. The molecule has 0 saturated carbocycles. The monoisotopic (exact) mass is 375 g/mol. The van der Waals surface area contributed by atoms with E-state index in [2.05, 4.69) is 15.8 Å². The average Bonchev–Trinajstić information content (AvgIpc) is 2.92. The van der Waals surface area contributed by atoms with Gasteiger partial charge in [0.25, 0.3) is 0 Å². The van der Waals surface area contributed by atoms with E-state index in [1.54, 1.807) is 13.0 Å². The largest absolute Gasteiger partial charge is 0.360 e. The van der Waals surface area contributed by atoms with Crippen molar-refractivity contribution in [1.82, 2.24) is 5.16 Å². The third kappa shape index (κ3) is 6.55. The number of amides is 2. The molecule has 1 aromatic carbocycles. The van der Waals surface area contributed by atoms with Gasteiger partial charge in [-0.25, -0.2) is 0 Å². The standard InChI is InChI=1S/C19H25N3O3S/c1-12-10-16(22-25-12)21-18(24)13(2)26-15-8-6-14(7-9-15)20-17(23)11-19(3,4)5/h6-10,13H,11H2,1-5H3,(H,20,23)(H,21,22,24). The Bertz CT molecular complexity index is 763. The highest BCUT2D eigenvalue weighted by atomic mass is 32.2. The van der Waals surface area contributed by atoms with Crippen LogP contribution < -0.4 is 10.6 Å². The topological polar surface area (TPSA) is 84.2 Å². The van der Waals surface area contributed by atoms with Crippen molar-refractivity contribution in [1.29, 1.82) is 0 Å². The predicted octanol–water partition coefficient (Wildman–Crippen LogP) is 4.48. The maximum absolute atomic E-state index is 12.2. The third-order valence-corrected chi connectivity index (χ3v) is 4.50. The molecule has 2 rings (SSSR count). The first kappa shape index (κ1) is 20.0. The lowest BCUT2D eigenvalue weighted by atomic mass is 9.92. The van der Waals surface area contributed by atoms with Gasteiger partial charge < -0.3 is 15.2 Å². The summed E-state index contributed by atoms with van der Waals surface area (Å²) in [6.07, 6.45) is 0.461. The number of aryl methyl sites for hydroxylation is 1. The predicted molar refractivity (Wildman–Crippen MR) is 104 cm³/mol. The second-order valence-electron chi connectivity index (χ2n) is 7.38. The Morgan fingerprint density at radius 2 is 1.85 bits per heavy atom. The van der Waals surface area contributed by atoms with Crippen LogP contribution in [0.4, 0.5) is 11.5 Å². The summed E-state index contributed by atoms with van der Waals surface area (Å²) in [5.74, 6) is 0.904. The van der Waals surface area contributed by atoms with E-state index in [4.69, 9.17) is 4.52 Å². The summed E-state index contributed by atoms with van der Waals surface area (Å²) in [5.41, 5.74) is 0.698. The molecule has 2 amide bonds. The number of carbonyl (C=O) groups is 2. The second kappa shape index (κ2) is 8.40. The summed E-state index contributed by atoms with van der Waals surface area (Å²) >= 11 is 1.43. The Kier molecular flexibility index (Phi) is 6.47. The van der Waals surface area contributed by atoms with Crippen molar-refractivity contribution in [3.05, 3.63) is 36.1 Å². The first-order chi connectivity index (χ1) is 12.1. The van der Waals surface area contributed by atoms with Crippen LogP contribution in [-0.4, -0.2) is 22.2 Å². The van der Waals surface area contributed by atoms with Crippen molar-refractivity contribution in [3.63, 3.8) is 0 Å². The Morgan fingerprint density at radius 3 is 2.38 bits per heavy atom. The second-order valence-corrected chi connectivity index (χ2v) is 8.80. The number of hydrogen-bond donors (Lipinski definition) is 2. The van der Waals surface area contributed by atoms with Gasteiger partial charge in [-0.15, -0.1) is 11.8 Å². The molecular formula is C19H25N3O3S. The molecule has 1 aromatic heterocycles. The first-order valence-corrected chi connectivity index (χ1v) is 9.31. The molecule has 1 heterocycles. The van der Waals surface area contributed by atoms with Crippen molar-refractivity contribution >= 4 is 35.1 Å². The molecule has 26 heavy (non-hydrogen) atoms. The molecule has 6 nitrogen and oxygen atoms in total. The van der Waals surface area contributed by atoms with Gasteiger partial charge in [-0.2, -0.15) is 0 Å². The summed E-state index contributed by atoms with van der Waals surface area (Å²) in [7, 11) is 0. The lowest BCUT2D eigenvalue weighted by molar-refractivity contribution is -0.118. The lowest BCUT2D eigenvalue weighted by Gasteiger charge is -2.17. The van der Waals surface area contributed by atoms with E-state index in [9.17, 15) is 9.59 Å². The minimum absolute atomic E-state index is 0.00597. The van der Waals surface area contributed by atoms with Crippen LogP contribution in [0, 0.1) is 12.3 Å². The summed E-state index contributed by atoms with van der Waals surface area (Å²) in [6.45, 7) is 9.67. The molecule has 140 valence electrons. The fraction of sp³-hybridized carbons (Fsp3) is 0.421. The van der Waals surface area contributed by atoms with Gasteiger partial charge in [0, 0.05) is 23.1 Å². The summed E-state index contributed by atoms with van der Waals surface area (Å²) in [5, 5.41) is 9.07. The molecule has 0 aliphatic heterocycles. The van der Waals surface area contributed by atoms with E-state index in [1.807, 2.05) is 52.0 Å². The van der Waals surface area contributed by atoms with E-state index >= 15 is 0 Å². The van der Waals surface area contributed by atoms with Crippen LogP contribution in [0.1, 0.15) is 39.9 Å². The molecule has 2 aromatic rings. The van der Waals surface area contributed by atoms with Crippen molar-refractivity contribution in [2.45, 2.75) is 51.2 Å². The van der Waals surface area contributed by atoms with Gasteiger partial charge in [-0.05, 0) is 43.5 Å². The minimum atomic E-state index is -0.298. The zero-order valence-corrected chi connectivity index (χ0v) is 16.6. The number of benzene rings is 1. The highest BCUT2D eigenvalue weighted by molar-refractivity contribution is 8.00. The van der Waals surface area contributed by atoms with Crippen molar-refractivity contribution in [2.24, 2.45) is 5.41 Å². The minimum Gasteiger partial charge on any atom is -0.360 e. The number of nitrogens with one attached hydrogen (secondary N) is 2. The number of rotatable bonds is 6. The number of anilines is 2. The molecule has 2 N–H and O–H groups in total. The maximum Gasteiger partial charge on any atom is 0.238 e. The highest BCUT2D eigenvalue weighted by Crippen LogP contribution is 2.26. The molecule has 7 heteroatoms. The van der Waals surface area contributed by atoms with Gasteiger partial charge in [-0.3, -0.25) is 9.59 Å². The normalized spacial score (nSPS) is 12.5. The smallest absolute Gasteiger partial charge is 0.238 e. The van der Waals surface area contributed by atoms with E-state index in [0.717, 1.165) is 10.6 Å². The van der Waals surface area contributed by atoms with E-state index < -0.39 is 0 Å². The summed E-state index contributed by atoms with van der Waals surface area (Å²) in [4.78, 5) is 25.1. The lowest BCUT2D eigenvalue weighted by Crippen LogP contribution is -2.22. The number of thioether (sulfide) groups is 1. The Labute approximate surface area is 158 Å². The zero-order valence-electron chi connectivity index (χ0n) is 15.8. The molecule has 0 spiro atoms. The number of carbonyl (C=O) groups excluding carboxylic acids is 2. The van der Waals surface area contributed by atoms with E-state index in [1.165, 1.54) is 11.8 Å². The Hall–Kier alpha value is -2.28. The molecule has 0 saturated heterocycles. The van der Waals surface area contributed by atoms with Crippen LogP contribution in [0.5, 0.6) is 0 Å². The van der Waals surface area contributed by atoms with E-state index in [0.29, 0.717) is 18.0 Å². The molecule has 0 aliphatic carbocycles. The fourth-order valence-corrected chi connectivity index (χ4v) is 3.08. The van der Waals surface area contributed by atoms with Crippen LogP contribution in [0.15, 0.2) is 39.8 Å². The molecule has 0 bridgehead atoms. The van der Waals surface area contributed by atoms with Gasteiger partial charge in [0.1, 0.15) is 5.76 Å². The molecule has 1 unspecified atom stereocenters. The highest BCUT2D eigenvalue weighted by Gasteiger charge is 2.17. The molecular weight excluding hydrogens is 350 g/mol. The summed E-state index contributed by atoms with van der Waals surface area (Å²) < 4.78 is 4.93. The van der Waals surface area contributed by atoms with Crippen LogP contribution in [-0.2, 0) is 9.59 Å². The van der Waals surface area contributed by atoms with Crippen molar-refractivity contribution < 1.29 is 14.1 Å². The van der Waals surface area contributed by atoms with Gasteiger partial charge in [-0.1, -0.05) is 25.9 Å². The zero-order chi connectivity index (χ0) is 19.3. The van der Waals surface area contributed by atoms with Crippen LogP contribution in [0.3, 0.4) is 0 Å². The van der Waals surface area contributed by atoms with Crippen LogP contribution in [0.2, 0.25) is 0 Å². The fourth-order valence-electron chi connectivity index (χ4n) is 2.21. The van der Waals surface area contributed by atoms with E-state index in [-0.39, 0.29) is 22.5 Å². The van der Waals surface area contributed by atoms with Gasteiger partial charge in [0.05, 0.1) is 5.25 Å². The molecule has 0 aliphatic rings. The van der Waals surface area contributed by atoms with Crippen molar-refractivity contribution in [3.8, 4) is 0 Å². The maximum atomic E-state index is 12.2. The van der Waals surface area contributed by atoms with Gasteiger partial charge in [0.2, 0.25) is 11.8 Å². The molecule has 1 atom stereocenters. The average molecular weight is 375 g/mol. The van der Waals surface area contributed by atoms with Crippen LogP contribution >= 0.6 is 11.8 Å². The number of aromatic nitrogens is 1. The summed E-state index contributed by atoms with van der Waals surface area (Å²) in [6, 6.07) is 9.14. The Balaban J connectivity index is 1.87. The van der Waals surface area contributed by atoms with Crippen molar-refractivity contribution in [2.75, 3.05) is 10.6 Å². The van der Waals surface area contributed by atoms with Gasteiger partial charge >= 0.3 is 0 Å². The van der Waals surface area contributed by atoms with Gasteiger partial charge in [0.15, 0.2) is 5.82 Å². The number of nitrogens with zero attached hydrogens (tertiary/aromatic N) is 1. The molecule has 0 fully saturated rings. The quantitative estimate of drug-likeness (QED) is 0.727. The first-order valence-electron chi connectivity index (χ1n) is 8.43. The third-order valence-electron chi connectivity index (χ3n) is 3.39. The molecule has 0 radical (unpaired) electrons. The van der Waals surface area contributed by atoms with Crippen LogP contribution in [0.25, 0.3) is 0 Å². The number of hydrogen-bond acceptors (Lipinski definition) is 5.